The van der Waals surface area contributed by atoms with E-state index < -0.39 is 0 Å². The van der Waals surface area contributed by atoms with Crippen LogP contribution in [0.4, 0.5) is 5.69 Å². The van der Waals surface area contributed by atoms with Gasteiger partial charge in [0.1, 0.15) is 23.4 Å². The van der Waals surface area contributed by atoms with Gasteiger partial charge in [-0.25, -0.2) is 0 Å². The number of ketones is 1. The fourth-order valence-electron chi connectivity index (χ4n) is 4.23. The Bertz CT molecular complexity index is 935. The van der Waals surface area contributed by atoms with Gasteiger partial charge in [0.25, 0.3) is 0 Å². The second-order valence-corrected chi connectivity index (χ2v) is 7.62. The van der Waals surface area contributed by atoms with Crippen molar-refractivity contribution < 1.29 is 19.0 Å². The minimum absolute atomic E-state index is 0.0151. The summed E-state index contributed by atoms with van der Waals surface area (Å²) >= 11 is 0. The number of ether oxygens (including phenoxy) is 3. The van der Waals surface area contributed by atoms with Crippen LogP contribution in [0.25, 0.3) is 11.1 Å². The van der Waals surface area contributed by atoms with Gasteiger partial charge in [-0.15, -0.1) is 0 Å². The zero-order valence-electron chi connectivity index (χ0n) is 17.2. The highest BCUT2D eigenvalue weighted by atomic mass is 16.5. The molecule has 1 heterocycles. The quantitative estimate of drug-likeness (QED) is 0.591. The van der Waals surface area contributed by atoms with Crippen LogP contribution in [0.2, 0.25) is 0 Å². The summed E-state index contributed by atoms with van der Waals surface area (Å²) in [5.74, 6) is 1.60. The van der Waals surface area contributed by atoms with Gasteiger partial charge in [-0.2, -0.15) is 0 Å². The van der Waals surface area contributed by atoms with Crippen LogP contribution in [0.15, 0.2) is 24.3 Å². The van der Waals surface area contributed by atoms with Gasteiger partial charge in [0.05, 0.1) is 25.0 Å². The number of hydrogen-bond acceptors (Lipinski definition) is 6. The van der Waals surface area contributed by atoms with Gasteiger partial charge < -0.3 is 25.3 Å². The molecule has 0 aromatic heterocycles. The molecule has 0 spiro atoms. The van der Waals surface area contributed by atoms with Gasteiger partial charge in [0.15, 0.2) is 5.78 Å². The SMILES string of the molecule is CCCOc1cc(OC)c2c(c1N)C(=O)c1cccc(OC(C)C3CCCN3)c1-2. The molecule has 4 rings (SSSR count). The first-order chi connectivity index (χ1) is 14.1. The Kier molecular flexibility index (Phi) is 5.37. The third-order valence-electron chi connectivity index (χ3n) is 5.70. The van der Waals surface area contributed by atoms with E-state index in [-0.39, 0.29) is 11.9 Å². The van der Waals surface area contributed by atoms with E-state index in [4.69, 9.17) is 19.9 Å². The fraction of sp³-hybridized carbons (Fsp3) is 0.435. The van der Waals surface area contributed by atoms with E-state index in [1.807, 2.05) is 25.1 Å². The Balaban J connectivity index is 1.80. The summed E-state index contributed by atoms with van der Waals surface area (Å²) < 4.78 is 17.7. The van der Waals surface area contributed by atoms with Crippen LogP contribution in [-0.2, 0) is 0 Å². The van der Waals surface area contributed by atoms with Gasteiger partial charge in [-0.1, -0.05) is 19.1 Å². The third kappa shape index (κ3) is 3.31. The topological polar surface area (TPSA) is 82.8 Å². The molecule has 2 aliphatic rings. The maximum atomic E-state index is 13.2. The number of carbonyl (C=O) groups is 1. The average Bonchev–Trinajstić information content (AvgIpc) is 3.36. The molecule has 2 atom stereocenters. The van der Waals surface area contributed by atoms with E-state index in [0.29, 0.717) is 52.3 Å². The minimum atomic E-state index is -0.121. The number of fused-ring (bicyclic) bond motifs is 3. The van der Waals surface area contributed by atoms with Gasteiger partial charge in [0, 0.05) is 28.8 Å². The Hall–Kier alpha value is -2.73. The summed E-state index contributed by atoms with van der Waals surface area (Å²) in [6.07, 6.45) is 3.06. The monoisotopic (exact) mass is 396 g/mol. The van der Waals surface area contributed by atoms with Gasteiger partial charge in [-0.3, -0.25) is 4.79 Å². The van der Waals surface area contributed by atoms with Crippen molar-refractivity contribution in [3.8, 4) is 28.4 Å². The summed E-state index contributed by atoms with van der Waals surface area (Å²) in [5, 5.41) is 3.48. The average molecular weight is 396 g/mol. The molecule has 0 bridgehead atoms. The summed E-state index contributed by atoms with van der Waals surface area (Å²) in [5.41, 5.74) is 9.19. The Morgan fingerprint density at radius 3 is 2.72 bits per heavy atom. The first-order valence-corrected chi connectivity index (χ1v) is 10.3. The van der Waals surface area contributed by atoms with Crippen LogP contribution in [0.1, 0.15) is 49.0 Å². The normalized spacial score (nSPS) is 18.3. The number of rotatable bonds is 7. The van der Waals surface area contributed by atoms with Crippen molar-refractivity contribution in [2.45, 2.75) is 45.3 Å². The molecular formula is C23H28N2O4. The maximum Gasteiger partial charge on any atom is 0.196 e. The van der Waals surface area contributed by atoms with Crippen molar-refractivity contribution >= 4 is 11.5 Å². The Morgan fingerprint density at radius 2 is 2.03 bits per heavy atom. The van der Waals surface area contributed by atoms with Crippen molar-refractivity contribution in [1.29, 1.82) is 0 Å². The molecule has 2 aromatic rings. The molecule has 3 N–H and O–H groups in total. The van der Waals surface area contributed by atoms with E-state index in [1.165, 1.54) is 0 Å². The van der Waals surface area contributed by atoms with E-state index in [9.17, 15) is 4.79 Å². The van der Waals surface area contributed by atoms with Crippen molar-refractivity contribution in [3.63, 3.8) is 0 Å². The lowest BCUT2D eigenvalue weighted by molar-refractivity contribution is 0.104. The second kappa shape index (κ2) is 7.95. The summed E-state index contributed by atoms with van der Waals surface area (Å²) in [4.78, 5) is 13.2. The van der Waals surface area contributed by atoms with Crippen LogP contribution in [-0.4, -0.2) is 38.2 Å². The fourth-order valence-corrected chi connectivity index (χ4v) is 4.23. The summed E-state index contributed by atoms with van der Waals surface area (Å²) in [7, 11) is 1.59. The molecule has 0 radical (unpaired) electrons. The lowest BCUT2D eigenvalue weighted by atomic mass is 10.0. The number of anilines is 1. The van der Waals surface area contributed by atoms with Crippen LogP contribution in [0.5, 0.6) is 17.2 Å². The first kappa shape index (κ1) is 19.6. The molecule has 1 saturated heterocycles. The summed E-state index contributed by atoms with van der Waals surface area (Å²) in [6.45, 7) is 5.62. The maximum absolute atomic E-state index is 13.2. The smallest absolute Gasteiger partial charge is 0.196 e. The van der Waals surface area contributed by atoms with Crippen LogP contribution < -0.4 is 25.3 Å². The Labute approximate surface area is 171 Å². The predicted octanol–water partition coefficient (Wildman–Crippen LogP) is 3.80. The van der Waals surface area contributed by atoms with Gasteiger partial charge in [-0.05, 0) is 38.8 Å². The lowest BCUT2D eigenvalue weighted by Gasteiger charge is -2.23. The molecule has 6 heteroatoms. The molecule has 0 amide bonds. The van der Waals surface area contributed by atoms with Crippen LogP contribution in [0.3, 0.4) is 0 Å². The van der Waals surface area contributed by atoms with Crippen molar-refractivity contribution in [1.82, 2.24) is 5.32 Å². The second-order valence-electron chi connectivity index (χ2n) is 7.62. The number of benzene rings is 2. The van der Waals surface area contributed by atoms with Crippen molar-refractivity contribution in [3.05, 3.63) is 35.4 Å². The van der Waals surface area contributed by atoms with Crippen LogP contribution in [0, 0.1) is 0 Å². The largest absolute Gasteiger partial charge is 0.496 e. The summed E-state index contributed by atoms with van der Waals surface area (Å²) in [6, 6.07) is 7.65. The highest BCUT2D eigenvalue weighted by molar-refractivity contribution is 6.26. The molecule has 154 valence electrons. The van der Waals surface area contributed by atoms with Crippen LogP contribution >= 0.6 is 0 Å². The number of nitrogen functional groups attached to an aromatic ring is 1. The molecular weight excluding hydrogens is 368 g/mol. The highest BCUT2D eigenvalue weighted by Gasteiger charge is 2.36. The zero-order valence-corrected chi connectivity index (χ0v) is 17.2. The molecule has 0 saturated carbocycles. The van der Waals surface area contributed by atoms with E-state index in [1.54, 1.807) is 13.2 Å². The molecule has 2 unspecified atom stereocenters. The first-order valence-electron chi connectivity index (χ1n) is 10.3. The zero-order chi connectivity index (χ0) is 20.5. The molecule has 6 nitrogen and oxygen atoms in total. The van der Waals surface area contributed by atoms with E-state index in [2.05, 4.69) is 12.2 Å². The lowest BCUT2D eigenvalue weighted by Crippen LogP contribution is -2.36. The standard InChI is InChI=1S/C23H28N2O4/c1-4-11-28-18-12-17(27-3)20-19-14(23(26)21(20)22(18)24)7-5-9-16(19)29-13(2)15-8-6-10-25-15/h5,7,9,12-13,15,25H,4,6,8,10-11,24H2,1-3H3. The molecule has 1 aliphatic carbocycles. The molecule has 1 fully saturated rings. The van der Waals surface area contributed by atoms with E-state index >= 15 is 0 Å². The number of hydrogen-bond donors (Lipinski definition) is 2. The van der Waals surface area contributed by atoms with E-state index in [0.717, 1.165) is 31.4 Å². The molecule has 2 aromatic carbocycles. The Morgan fingerprint density at radius 1 is 1.21 bits per heavy atom. The number of carbonyl (C=O) groups excluding carboxylic acids is 1. The number of nitrogens with two attached hydrogens (primary N) is 1. The highest BCUT2D eigenvalue weighted by Crippen LogP contribution is 2.52. The molecule has 29 heavy (non-hydrogen) atoms. The van der Waals surface area contributed by atoms with Crippen molar-refractivity contribution in [2.24, 2.45) is 0 Å². The van der Waals surface area contributed by atoms with Crippen molar-refractivity contribution in [2.75, 3.05) is 26.0 Å². The third-order valence-corrected chi connectivity index (χ3v) is 5.70. The van der Waals surface area contributed by atoms with Gasteiger partial charge >= 0.3 is 0 Å². The number of nitrogens with one attached hydrogen (secondary N) is 1. The minimum Gasteiger partial charge on any atom is -0.496 e. The molecule has 1 aliphatic heterocycles. The predicted molar refractivity (Wildman–Crippen MR) is 113 cm³/mol. The number of methoxy groups -OCH3 is 1. The van der Waals surface area contributed by atoms with Gasteiger partial charge in [0.2, 0.25) is 0 Å².